The number of thiocarbonyl (C=S) groups is 1. The van der Waals surface area contributed by atoms with Gasteiger partial charge in [0.25, 0.3) is 0 Å². The lowest BCUT2D eigenvalue weighted by molar-refractivity contribution is 1.21. The highest BCUT2D eigenvalue weighted by atomic mass is 32.1. The lowest BCUT2D eigenvalue weighted by Gasteiger charge is -1.94. The predicted molar refractivity (Wildman–Crippen MR) is 57.4 cm³/mol. The molecule has 0 heterocycles. The van der Waals surface area contributed by atoms with E-state index < -0.39 is 0 Å². The lowest BCUT2D eigenvalue weighted by Crippen LogP contribution is -1.74. The molecule has 0 aromatic heterocycles. The van der Waals surface area contributed by atoms with E-state index in [-0.39, 0.29) is 0 Å². The van der Waals surface area contributed by atoms with Crippen LogP contribution in [-0.4, -0.2) is 5.16 Å². The van der Waals surface area contributed by atoms with E-state index in [2.05, 4.69) is 48.9 Å². The van der Waals surface area contributed by atoms with E-state index in [1.807, 2.05) is 0 Å². The minimum atomic E-state index is 0.854. The van der Waals surface area contributed by atoms with Gasteiger partial charge in [0.05, 0.1) is 5.16 Å². The molecular formula is C10H13NS. The zero-order chi connectivity index (χ0) is 9.40. The molecule has 2 heteroatoms. The van der Waals surface area contributed by atoms with Crippen molar-refractivity contribution < 1.29 is 0 Å². The summed E-state index contributed by atoms with van der Waals surface area (Å²) in [5.74, 6) is 0. The van der Waals surface area contributed by atoms with Gasteiger partial charge in [0.15, 0.2) is 0 Å². The SMILES string of the molecule is C=C/C(=C/N=C=S)CC=C(C)C. The first-order chi connectivity index (χ1) is 5.70. The second kappa shape index (κ2) is 6.71. The van der Waals surface area contributed by atoms with Crippen molar-refractivity contribution in [3.05, 3.63) is 36.1 Å². The third-order valence-corrected chi connectivity index (χ3v) is 1.40. The van der Waals surface area contributed by atoms with Crippen molar-refractivity contribution in [2.45, 2.75) is 20.3 Å². The Hall–Kier alpha value is -0.980. The molecule has 0 fully saturated rings. The van der Waals surface area contributed by atoms with Crippen LogP contribution in [0.4, 0.5) is 0 Å². The van der Waals surface area contributed by atoms with Crippen LogP contribution in [-0.2, 0) is 0 Å². The van der Waals surface area contributed by atoms with Crippen LogP contribution in [0.5, 0.6) is 0 Å². The second-order valence-electron chi connectivity index (χ2n) is 2.61. The molecule has 0 aliphatic rings. The van der Waals surface area contributed by atoms with Crippen LogP contribution in [0.15, 0.2) is 41.1 Å². The second-order valence-corrected chi connectivity index (χ2v) is 2.80. The van der Waals surface area contributed by atoms with E-state index in [1.165, 1.54) is 5.57 Å². The minimum absolute atomic E-state index is 0.854. The minimum Gasteiger partial charge on any atom is -0.202 e. The van der Waals surface area contributed by atoms with E-state index >= 15 is 0 Å². The molecule has 0 amide bonds. The molecule has 0 atom stereocenters. The van der Waals surface area contributed by atoms with Crippen LogP contribution < -0.4 is 0 Å². The van der Waals surface area contributed by atoms with Crippen molar-refractivity contribution in [3.63, 3.8) is 0 Å². The fourth-order valence-corrected chi connectivity index (χ4v) is 0.673. The molecule has 12 heavy (non-hydrogen) atoms. The van der Waals surface area contributed by atoms with Crippen LogP contribution in [0.3, 0.4) is 0 Å². The topological polar surface area (TPSA) is 12.4 Å². The molecule has 0 bridgehead atoms. The first-order valence-corrected chi connectivity index (χ1v) is 4.13. The smallest absolute Gasteiger partial charge is 0.0634 e. The molecule has 0 radical (unpaired) electrons. The van der Waals surface area contributed by atoms with Crippen LogP contribution in [0.2, 0.25) is 0 Å². The van der Waals surface area contributed by atoms with Gasteiger partial charge in [-0.05, 0) is 38.1 Å². The first-order valence-electron chi connectivity index (χ1n) is 3.72. The van der Waals surface area contributed by atoms with Crippen molar-refractivity contribution in [2.75, 3.05) is 0 Å². The predicted octanol–water partition coefficient (Wildman–Crippen LogP) is 3.52. The van der Waals surface area contributed by atoms with Crippen molar-refractivity contribution in [2.24, 2.45) is 4.99 Å². The number of rotatable bonds is 4. The average Bonchev–Trinajstić information content (AvgIpc) is 2.05. The summed E-state index contributed by atoms with van der Waals surface area (Å²) in [5, 5.41) is 2.28. The summed E-state index contributed by atoms with van der Waals surface area (Å²) >= 11 is 4.44. The standard InChI is InChI=1S/C10H13NS/c1-4-10(7-11-8-12)6-5-9(2)3/h4-5,7H,1,6H2,2-3H3/b10-7-. The summed E-state index contributed by atoms with van der Waals surface area (Å²) in [4.78, 5) is 3.72. The van der Waals surface area contributed by atoms with Gasteiger partial charge in [0.2, 0.25) is 0 Å². The monoisotopic (exact) mass is 179 g/mol. The van der Waals surface area contributed by atoms with Crippen LogP contribution >= 0.6 is 12.2 Å². The molecule has 0 saturated carbocycles. The quantitative estimate of drug-likeness (QED) is 0.278. The Labute approximate surface area is 79.2 Å². The van der Waals surface area contributed by atoms with Crippen LogP contribution in [0.1, 0.15) is 20.3 Å². The highest BCUT2D eigenvalue weighted by molar-refractivity contribution is 7.78. The molecule has 0 rings (SSSR count). The maximum absolute atomic E-state index is 4.44. The Kier molecular flexibility index (Phi) is 6.16. The van der Waals surface area contributed by atoms with Gasteiger partial charge in [0, 0.05) is 6.20 Å². The Balaban J connectivity index is 4.27. The van der Waals surface area contributed by atoms with Gasteiger partial charge < -0.3 is 0 Å². The van der Waals surface area contributed by atoms with Crippen molar-refractivity contribution >= 4 is 17.4 Å². The highest BCUT2D eigenvalue weighted by Gasteiger charge is 1.86. The molecule has 0 unspecified atom stereocenters. The van der Waals surface area contributed by atoms with Gasteiger partial charge in [-0.25, -0.2) is 4.99 Å². The molecular weight excluding hydrogens is 166 g/mol. The molecule has 0 saturated heterocycles. The maximum Gasteiger partial charge on any atom is 0.0634 e. The Morgan fingerprint density at radius 2 is 2.25 bits per heavy atom. The number of allylic oxidation sites excluding steroid dienone is 4. The molecule has 0 aliphatic carbocycles. The summed E-state index contributed by atoms with van der Waals surface area (Å²) in [6.45, 7) is 7.79. The number of aliphatic imine (C=N–C) groups is 1. The molecule has 64 valence electrons. The summed E-state index contributed by atoms with van der Waals surface area (Å²) in [6.07, 6.45) is 6.42. The highest BCUT2D eigenvalue weighted by Crippen LogP contribution is 2.05. The van der Waals surface area contributed by atoms with Gasteiger partial charge >= 0.3 is 0 Å². The van der Waals surface area contributed by atoms with Crippen LogP contribution in [0, 0.1) is 0 Å². The van der Waals surface area contributed by atoms with Gasteiger partial charge in [-0.1, -0.05) is 24.3 Å². The molecule has 0 aromatic rings. The number of hydrogen-bond donors (Lipinski definition) is 0. The van der Waals surface area contributed by atoms with Crippen molar-refractivity contribution in [1.29, 1.82) is 0 Å². The molecule has 0 aromatic carbocycles. The summed E-state index contributed by atoms with van der Waals surface area (Å²) < 4.78 is 0. The zero-order valence-corrected chi connectivity index (χ0v) is 8.32. The molecule has 0 spiro atoms. The Morgan fingerprint density at radius 3 is 2.67 bits per heavy atom. The van der Waals surface area contributed by atoms with E-state index in [0.717, 1.165) is 12.0 Å². The van der Waals surface area contributed by atoms with Gasteiger partial charge in [-0.2, -0.15) is 0 Å². The number of isothiocyanates is 1. The Morgan fingerprint density at radius 1 is 1.58 bits per heavy atom. The maximum atomic E-state index is 4.44. The van der Waals surface area contributed by atoms with E-state index in [4.69, 9.17) is 0 Å². The average molecular weight is 179 g/mol. The normalized spacial score (nSPS) is 10.0. The van der Waals surface area contributed by atoms with Crippen molar-refractivity contribution in [3.8, 4) is 0 Å². The molecule has 0 aliphatic heterocycles. The summed E-state index contributed by atoms with van der Waals surface area (Å²) in [5.41, 5.74) is 2.34. The van der Waals surface area contributed by atoms with E-state index in [0.29, 0.717) is 0 Å². The fraction of sp³-hybridized carbons (Fsp3) is 0.300. The summed E-state index contributed by atoms with van der Waals surface area (Å²) in [6, 6.07) is 0. The zero-order valence-electron chi connectivity index (χ0n) is 7.50. The number of nitrogens with zero attached hydrogens (tertiary/aromatic N) is 1. The third kappa shape index (κ3) is 5.78. The van der Waals surface area contributed by atoms with Crippen molar-refractivity contribution in [1.82, 2.24) is 0 Å². The molecule has 1 nitrogen and oxygen atoms in total. The first kappa shape index (κ1) is 11.0. The summed E-state index contributed by atoms with van der Waals surface area (Å²) in [7, 11) is 0. The molecule has 0 N–H and O–H groups in total. The van der Waals surface area contributed by atoms with Gasteiger partial charge in [-0.15, -0.1) is 0 Å². The lowest BCUT2D eigenvalue weighted by atomic mass is 10.1. The largest absolute Gasteiger partial charge is 0.202 e. The van der Waals surface area contributed by atoms with E-state index in [9.17, 15) is 0 Å². The van der Waals surface area contributed by atoms with Gasteiger partial charge in [0.1, 0.15) is 0 Å². The number of hydrogen-bond acceptors (Lipinski definition) is 2. The van der Waals surface area contributed by atoms with Crippen LogP contribution in [0.25, 0.3) is 0 Å². The third-order valence-electron chi connectivity index (χ3n) is 1.29. The van der Waals surface area contributed by atoms with Gasteiger partial charge in [-0.3, -0.25) is 0 Å². The van der Waals surface area contributed by atoms with E-state index in [1.54, 1.807) is 12.3 Å². The Bertz CT molecular complexity index is 251. The fourth-order valence-electron chi connectivity index (χ4n) is 0.620.